The molecule has 0 unspecified atom stereocenters. The van der Waals surface area contributed by atoms with Gasteiger partial charge in [-0.25, -0.2) is 4.39 Å². The molecule has 0 bridgehead atoms. The molecule has 0 aliphatic heterocycles. The van der Waals surface area contributed by atoms with Gasteiger partial charge in [-0.15, -0.1) is 0 Å². The summed E-state index contributed by atoms with van der Waals surface area (Å²) >= 11 is 5.93. The lowest BCUT2D eigenvalue weighted by Crippen LogP contribution is -2.00. The second-order valence-corrected chi connectivity index (χ2v) is 5.16. The summed E-state index contributed by atoms with van der Waals surface area (Å²) in [5, 5.41) is 12.4. The average molecular weight is 305 g/mol. The molecular weight excluding hydrogens is 295 g/mol. The normalized spacial score (nSPS) is 11.0. The van der Waals surface area contributed by atoms with Crippen LogP contribution in [0.4, 0.5) is 10.1 Å². The van der Waals surface area contributed by atoms with Crippen molar-refractivity contribution in [1.82, 2.24) is 4.57 Å². The molecule has 0 N–H and O–H groups in total. The van der Waals surface area contributed by atoms with Crippen molar-refractivity contribution in [1.29, 1.82) is 0 Å². The number of rotatable bonds is 3. The number of nitro benzene ring substituents is 1. The molecule has 0 aliphatic carbocycles. The molecule has 0 aliphatic rings. The van der Waals surface area contributed by atoms with Gasteiger partial charge in [0.15, 0.2) is 0 Å². The van der Waals surface area contributed by atoms with E-state index in [4.69, 9.17) is 11.6 Å². The van der Waals surface area contributed by atoms with Gasteiger partial charge in [-0.2, -0.15) is 0 Å². The highest BCUT2D eigenvalue weighted by Gasteiger charge is 2.11. The number of nitrogens with zero attached hydrogens (tertiary/aromatic N) is 2. The minimum Gasteiger partial charge on any atom is -0.343 e. The highest BCUT2D eigenvalue weighted by atomic mass is 35.5. The maximum absolute atomic E-state index is 13.5. The van der Waals surface area contributed by atoms with Crippen molar-refractivity contribution in [3.8, 4) is 0 Å². The molecule has 0 spiro atoms. The first-order valence-corrected chi connectivity index (χ1v) is 6.59. The summed E-state index contributed by atoms with van der Waals surface area (Å²) in [6.07, 6.45) is 1.84. The first kappa shape index (κ1) is 13.6. The van der Waals surface area contributed by atoms with Gasteiger partial charge in [0, 0.05) is 34.7 Å². The van der Waals surface area contributed by atoms with E-state index in [1.165, 1.54) is 12.1 Å². The van der Waals surface area contributed by atoms with Crippen LogP contribution in [0.25, 0.3) is 10.9 Å². The van der Waals surface area contributed by atoms with Crippen LogP contribution < -0.4 is 0 Å². The van der Waals surface area contributed by atoms with Gasteiger partial charge in [-0.3, -0.25) is 10.1 Å². The zero-order valence-corrected chi connectivity index (χ0v) is 11.5. The van der Waals surface area contributed by atoms with E-state index in [1.807, 2.05) is 29.0 Å². The summed E-state index contributed by atoms with van der Waals surface area (Å²) in [6.45, 7) is 0.351. The smallest absolute Gasteiger partial charge is 0.272 e. The lowest BCUT2D eigenvalue weighted by Gasteiger charge is -2.06. The molecule has 3 rings (SSSR count). The predicted octanol–water partition coefficient (Wildman–Crippen LogP) is 4.39. The Morgan fingerprint density at radius 2 is 2.00 bits per heavy atom. The van der Waals surface area contributed by atoms with Crippen molar-refractivity contribution in [3.63, 3.8) is 0 Å². The molecule has 0 radical (unpaired) electrons. The van der Waals surface area contributed by atoms with E-state index in [1.54, 1.807) is 6.07 Å². The molecule has 3 aromatic rings. The van der Waals surface area contributed by atoms with Crippen molar-refractivity contribution in [3.05, 3.63) is 75.2 Å². The van der Waals surface area contributed by atoms with Gasteiger partial charge < -0.3 is 4.57 Å². The van der Waals surface area contributed by atoms with Gasteiger partial charge in [0.25, 0.3) is 5.69 Å². The van der Waals surface area contributed by atoms with Crippen molar-refractivity contribution in [2.45, 2.75) is 6.54 Å². The third-order valence-electron chi connectivity index (χ3n) is 3.24. The molecular formula is C15H10ClFN2O2. The van der Waals surface area contributed by atoms with Crippen molar-refractivity contribution in [2.24, 2.45) is 0 Å². The number of hydrogen-bond donors (Lipinski definition) is 0. The third-order valence-corrected chi connectivity index (χ3v) is 3.47. The van der Waals surface area contributed by atoms with E-state index in [0.717, 1.165) is 17.0 Å². The Balaban J connectivity index is 2.00. The van der Waals surface area contributed by atoms with E-state index in [0.29, 0.717) is 17.1 Å². The molecule has 0 atom stereocenters. The largest absolute Gasteiger partial charge is 0.343 e. The molecule has 4 nitrogen and oxygen atoms in total. The fourth-order valence-corrected chi connectivity index (χ4v) is 2.52. The van der Waals surface area contributed by atoms with Gasteiger partial charge in [-0.1, -0.05) is 11.6 Å². The summed E-state index contributed by atoms with van der Waals surface area (Å²) in [7, 11) is 0. The van der Waals surface area contributed by atoms with Crippen molar-refractivity contribution >= 4 is 28.2 Å². The highest BCUT2D eigenvalue weighted by Crippen LogP contribution is 2.23. The van der Waals surface area contributed by atoms with E-state index in [2.05, 4.69) is 0 Å². The predicted molar refractivity (Wildman–Crippen MR) is 79.1 cm³/mol. The van der Waals surface area contributed by atoms with Crippen LogP contribution in [-0.2, 0) is 6.54 Å². The SMILES string of the molecule is O=[N+]([O-])c1cc(F)cc(Cn2ccc3cc(Cl)ccc32)c1. The standard InChI is InChI=1S/C15H10ClFN2O2/c16-12-1-2-15-11(7-12)3-4-18(15)9-10-5-13(17)8-14(6-10)19(20)21/h1-8H,9H2. The van der Waals surface area contributed by atoms with Crippen molar-refractivity contribution in [2.75, 3.05) is 0 Å². The summed E-state index contributed by atoms with van der Waals surface area (Å²) < 4.78 is 15.3. The second kappa shape index (κ2) is 5.18. The Morgan fingerprint density at radius 3 is 2.76 bits per heavy atom. The van der Waals surface area contributed by atoms with E-state index in [9.17, 15) is 14.5 Å². The lowest BCUT2D eigenvalue weighted by atomic mass is 10.2. The first-order chi connectivity index (χ1) is 10.0. The quantitative estimate of drug-likeness (QED) is 0.532. The van der Waals surface area contributed by atoms with Crippen LogP contribution in [-0.4, -0.2) is 9.49 Å². The first-order valence-electron chi connectivity index (χ1n) is 6.21. The Labute approximate surface area is 124 Å². The summed E-state index contributed by atoms with van der Waals surface area (Å²) in [5.74, 6) is -0.612. The number of benzene rings is 2. The van der Waals surface area contributed by atoms with Crippen LogP contribution in [0.2, 0.25) is 5.02 Å². The minimum absolute atomic E-state index is 0.246. The topological polar surface area (TPSA) is 48.1 Å². The van der Waals surface area contributed by atoms with Crippen LogP contribution in [0, 0.1) is 15.9 Å². The van der Waals surface area contributed by atoms with Crippen LogP contribution in [0.3, 0.4) is 0 Å². The summed E-state index contributed by atoms with van der Waals surface area (Å²) in [5.41, 5.74) is 1.23. The number of non-ortho nitro benzene ring substituents is 1. The zero-order chi connectivity index (χ0) is 15.0. The van der Waals surface area contributed by atoms with E-state index >= 15 is 0 Å². The van der Waals surface area contributed by atoms with Gasteiger partial charge in [0.05, 0.1) is 11.0 Å². The molecule has 2 aromatic carbocycles. The average Bonchev–Trinajstić information content (AvgIpc) is 2.80. The second-order valence-electron chi connectivity index (χ2n) is 4.72. The number of hydrogen-bond acceptors (Lipinski definition) is 2. The Morgan fingerprint density at radius 1 is 1.19 bits per heavy atom. The molecule has 0 amide bonds. The summed E-state index contributed by atoms with van der Waals surface area (Å²) in [4.78, 5) is 10.2. The molecule has 0 saturated carbocycles. The van der Waals surface area contributed by atoms with Gasteiger partial charge in [-0.05, 0) is 35.9 Å². The number of nitro groups is 1. The monoisotopic (exact) mass is 304 g/mol. The number of fused-ring (bicyclic) bond motifs is 1. The molecule has 1 aromatic heterocycles. The van der Waals surface area contributed by atoms with Gasteiger partial charge in [0.2, 0.25) is 0 Å². The Hall–Kier alpha value is -2.40. The lowest BCUT2D eigenvalue weighted by molar-refractivity contribution is -0.385. The minimum atomic E-state index is -0.612. The van der Waals surface area contributed by atoms with Crippen LogP contribution >= 0.6 is 11.6 Å². The van der Waals surface area contributed by atoms with Crippen LogP contribution in [0.15, 0.2) is 48.7 Å². The van der Waals surface area contributed by atoms with E-state index < -0.39 is 10.7 Å². The van der Waals surface area contributed by atoms with Gasteiger partial charge in [0.1, 0.15) is 5.82 Å². The fraction of sp³-hybridized carbons (Fsp3) is 0.0667. The molecule has 0 fully saturated rings. The third kappa shape index (κ3) is 2.73. The van der Waals surface area contributed by atoms with Crippen molar-refractivity contribution < 1.29 is 9.31 Å². The summed E-state index contributed by atoms with van der Waals surface area (Å²) in [6, 6.07) is 11.0. The Bertz CT molecular complexity index is 845. The number of halogens is 2. The maximum Gasteiger partial charge on any atom is 0.272 e. The van der Waals surface area contributed by atoms with Gasteiger partial charge >= 0.3 is 0 Å². The maximum atomic E-state index is 13.5. The fourth-order valence-electron chi connectivity index (χ4n) is 2.34. The highest BCUT2D eigenvalue weighted by molar-refractivity contribution is 6.31. The zero-order valence-electron chi connectivity index (χ0n) is 10.8. The Kier molecular flexibility index (Phi) is 3.35. The van der Waals surface area contributed by atoms with Crippen LogP contribution in [0.5, 0.6) is 0 Å². The van der Waals surface area contributed by atoms with Crippen LogP contribution in [0.1, 0.15) is 5.56 Å². The number of aromatic nitrogens is 1. The molecule has 1 heterocycles. The molecule has 21 heavy (non-hydrogen) atoms. The molecule has 0 saturated heterocycles. The van der Waals surface area contributed by atoms with E-state index in [-0.39, 0.29) is 5.69 Å². The molecule has 6 heteroatoms. The molecule has 106 valence electrons.